The molecule has 0 bridgehead atoms. The molecule has 9 heteroatoms. The highest BCUT2D eigenvalue weighted by molar-refractivity contribution is 5.89. The normalized spacial score (nSPS) is 22.1. The molecule has 1 saturated heterocycles. The Balaban J connectivity index is 1.38. The van der Waals surface area contributed by atoms with E-state index in [0.717, 1.165) is 5.56 Å². The van der Waals surface area contributed by atoms with Gasteiger partial charge in [-0.15, -0.1) is 0 Å². The number of ether oxygens (including phenoxy) is 3. The zero-order chi connectivity index (χ0) is 23.5. The summed E-state index contributed by atoms with van der Waals surface area (Å²) < 4.78 is 19.1. The molecule has 174 valence electrons. The van der Waals surface area contributed by atoms with E-state index in [9.17, 15) is 9.90 Å². The summed E-state index contributed by atoms with van der Waals surface area (Å²) in [6.45, 7) is 0.232. The number of nitrogens with two attached hydrogens (primary N) is 1. The van der Waals surface area contributed by atoms with E-state index < -0.39 is 24.0 Å². The zero-order valence-electron chi connectivity index (χ0n) is 18.3. The summed E-state index contributed by atoms with van der Waals surface area (Å²) in [6.07, 6.45) is 0.271. The maximum atomic E-state index is 12.4. The highest BCUT2D eigenvalue weighted by Crippen LogP contribution is 2.40. The van der Waals surface area contributed by atoms with Crippen LogP contribution in [-0.4, -0.2) is 44.5 Å². The summed E-state index contributed by atoms with van der Waals surface area (Å²) in [7, 11) is 0. The van der Waals surface area contributed by atoms with Crippen LogP contribution in [0.3, 0.4) is 0 Å². The van der Waals surface area contributed by atoms with E-state index >= 15 is 0 Å². The van der Waals surface area contributed by atoms with E-state index in [0.29, 0.717) is 23.2 Å². The van der Waals surface area contributed by atoms with Crippen molar-refractivity contribution in [3.63, 3.8) is 0 Å². The smallest absolute Gasteiger partial charge is 0.338 e. The Bertz CT molecular complexity index is 1280. The molecule has 0 amide bonds. The van der Waals surface area contributed by atoms with Crippen LogP contribution in [0.2, 0.25) is 0 Å². The lowest BCUT2D eigenvalue weighted by atomic mass is 10.0. The Morgan fingerprint density at radius 1 is 1.12 bits per heavy atom. The third-order valence-corrected chi connectivity index (χ3v) is 5.81. The van der Waals surface area contributed by atoms with Gasteiger partial charge in [0.15, 0.2) is 5.82 Å². The molecule has 5 rings (SSSR count). The predicted molar refractivity (Wildman–Crippen MR) is 123 cm³/mol. The number of hydrogen-bond donors (Lipinski definition) is 2. The molecule has 3 N–H and O–H groups in total. The second-order valence-electron chi connectivity index (χ2n) is 8.08. The van der Waals surface area contributed by atoms with Gasteiger partial charge in [0.2, 0.25) is 5.79 Å². The fourth-order valence-corrected chi connectivity index (χ4v) is 4.11. The van der Waals surface area contributed by atoms with Crippen molar-refractivity contribution >= 4 is 17.3 Å². The summed E-state index contributed by atoms with van der Waals surface area (Å²) in [6, 6.07) is 21.7. The molecular weight excluding hydrogens is 436 g/mol. The monoisotopic (exact) mass is 460 g/mol. The quantitative estimate of drug-likeness (QED) is 0.404. The average molecular weight is 460 g/mol. The summed E-state index contributed by atoms with van der Waals surface area (Å²) in [5, 5.41) is 15.9. The number of anilines is 1. The van der Waals surface area contributed by atoms with E-state index in [1.165, 1.54) is 10.8 Å². The number of aromatic nitrogens is 3. The summed E-state index contributed by atoms with van der Waals surface area (Å²) in [4.78, 5) is 16.4. The molecule has 3 atom stereocenters. The first kappa shape index (κ1) is 22.0. The van der Waals surface area contributed by atoms with Crippen molar-refractivity contribution in [3.8, 4) is 0 Å². The largest absolute Gasteiger partial charge is 0.459 e. The van der Waals surface area contributed by atoms with Crippen molar-refractivity contribution < 1.29 is 24.1 Å². The highest BCUT2D eigenvalue weighted by Gasteiger charge is 2.52. The fourth-order valence-electron chi connectivity index (χ4n) is 4.11. The van der Waals surface area contributed by atoms with Crippen molar-refractivity contribution in [2.45, 2.75) is 31.0 Å². The van der Waals surface area contributed by atoms with Gasteiger partial charge in [-0.05, 0) is 29.8 Å². The Morgan fingerprint density at radius 3 is 2.62 bits per heavy atom. The minimum atomic E-state index is -1.84. The number of rotatable bonds is 7. The predicted octanol–water partition coefficient (Wildman–Crippen LogP) is 2.69. The molecule has 0 saturated carbocycles. The third kappa shape index (κ3) is 4.24. The van der Waals surface area contributed by atoms with Gasteiger partial charge in [-0.25, -0.2) is 14.3 Å². The van der Waals surface area contributed by atoms with Gasteiger partial charge in [0.25, 0.3) is 0 Å². The molecule has 2 aromatic heterocycles. The first-order valence-electron chi connectivity index (χ1n) is 10.9. The van der Waals surface area contributed by atoms with Gasteiger partial charge >= 0.3 is 5.97 Å². The van der Waals surface area contributed by atoms with Crippen LogP contribution < -0.4 is 5.73 Å². The van der Waals surface area contributed by atoms with E-state index in [-0.39, 0.29) is 19.0 Å². The van der Waals surface area contributed by atoms with Crippen LogP contribution in [0.1, 0.15) is 28.0 Å². The molecule has 0 radical (unpaired) electrons. The van der Waals surface area contributed by atoms with Crippen LogP contribution in [-0.2, 0) is 26.6 Å². The number of nitrogens with zero attached hydrogens (tertiary/aromatic N) is 3. The van der Waals surface area contributed by atoms with Crippen LogP contribution in [0.5, 0.6) is 0 Å². The Labute approximate surface area is 195 Å². The van der Waals surface area contributed by atoms with Crippen LogP contribution in [0.15, 0.2) is 79.1 Å². The molecule has 34 heavy (non-hydrogen) atoms. The lowest BCUT2D eigenvalue weighted by Gasteiger charge is -2.28. The van der Waals surface area contributed by atoms with E-state index in [1.54, 1.807) is 36.4 Å². The fraction of sp³-hybridized carbons (Fsp3) is 0.240. The van der Waals surface area contributed by atoms with E-state index in [2.05, 4.69) is 10.1 Å². The Morgan fingerprint density at radius 2 is 1.85 bits per heavy atom. The van der Waals surface area contributed by atoms with Crippen LogP contribution in [0, 0.1) is 0 Å². The molecule has 2 aromatic carbocycles. The van der Waals surface area contributed by atoms with Crippen molar-refractivity contribution in [3.05, 3.63) is 95.9 Å². The second-order valence-corrected chi connectivity index (χ2v) is 8.08. The number of esters is 1. The minimum absolute atomic E-state index is 0.0400. The Kier molecular flexibility index (Phi) is 5.97. The average Bonchev–Trinajstić information content (AvgIpc) is 3.45. The van der Waals surface area contributed by atoms with Crippen molar-refractivity contribution in [2.24, 2.45) is 0 Å². The maximum Gasteiger partial charge on any atom is 0.338 e. The zero-order valence-corrected chi connectivity index (χ0v) is 18.3. The van der Waals surface area contributed by atoms with Gasteiger partial charge < -0.3 is 25.1 Å². The van der Waals surface area contributed by atoms with Crippen molar-refractivity contribution in [1.82, 2.24) is 14.6 Å². The van der Waals surface area contributed by atoms with Gasteiger partial charge in [0.05, 0.1) is 18.3 Å². The molecule has 0 spiro atoms. The van der Waals surface area contributed by atoms with Crippen molar-refractivity contribution in [2.75, 3.05) is 12.3 Å². The maximum absolute atomic E-state index is 12.4. The SMILES string of the molecule is Nc1ncnn2c(C3(O)O[C@H](COC(=O)c4ccccc4)C[C@H]3OCc3ccccc3)ccc12. The van der Waals surface area contributed by atoms with E-state index in [1.807, 2.05) is 36.4 Å². The Hall–Kier alpha value is -3.79. The van der Waals surface area contributed by atoms with Gasteiger partial charge in [-0.3, -0.25) is 0 Å². The number of benzene rings is 2. The first-order valence-corrected chi connectivity index (χ1v) is 10.9. The highest BCUT2D eigenvalue weighted by atomic mass is 16.7. The molecule has 3 heterocycles. The number of hydrogen-bond acceptors (Lipinski definition) is 8. The van der Waals surface area contributed by atoms with Crippen LogP contribution >= 0.6 is 0 Å². The van der Waals surface area contributed by atoms with Gasteiger partial charge in [-0.2, -0.15) is 5.10 Å². The van der Waals surface area contributed by atoms with Gasteiger partial charge in [-0.1, -0.05) is 48.5 Å². The number of nitrogen functional groups attached to an aromatic ring is 1. The van der Waals surface area contributed by atoms with Gasteiger partial charge in [0.1, 0.15) is 30.2 Å². The third-order valence-electron chi connectivity index (χ3n) is 5.81. The second kappa shape index (κ2) is 9.22. The first-order chi connectivity index (χ1) is 16.5. The molecular formula is C25H24N4O5. The number of carbonyl (C=O) groups is 1. The van der Waals surface area contributed by atoms with Crippen LogP contribution in [0.25, 0.3) is 5.52 Å². The summed E-state index contributed by atoms with van der Waals surface area (Å²) in [5.41, 5.74) is 8.25. The summed E-state index contributed by atoms with van der Waals surface area (Å²) >= 11 is 0. The molecule has 9 nitrogen and oxygen atoms in total. The van der Waals surface area contributed by atoms with Gasteiger partial charge in [0, 0.05) is 6.42 Å². The van der Waals surface area contributed by atoms with Crippen molar-refractivity contribution in [1.29, 1.82) is 0 Å². The molecule has 4 aromatic rings. The number of carbonyl (C=O) groups excluding carboxylic acids is 1. The molecule has 1 aliphatic heterocycles. The number of aliphatic hydroxyl groups is 1. The van der Waals surface area contributed by atoms with Crippen LogP contribution in [0.4, 0.5) is 5.82 Å². The molecule has 0 aliphatic carbocycles. The van der Waals surface area contributed by atoms with E-state index in [4.69, 9.17) is 19.9 Å². The molecule has 1 unspecified atom stereocenters. The summed E-state index contributed by atoms with van der Waals surface area (Å²) in [5.74, 6) is -2.03. The lowest BCUT2D eigenvalue weighted by molar-refractivity contribution is -0.253. The standard InChI is InChI=1S/C25H24N4O5/c26-23-20-11-12-21(29(20)28-16-27-23)25(31)22(32-14-17-7-3-1-4-8-17)13-19(34-25)15-33-24(30)18-9-5-2-6-10-18/h1-12,16,19,22,31H,13-15H2,(H2,26,27,28)/t19-,22+,25?/m0/s1. The lowest BCUT2D eigenvalue weighted by Crippen LogP contribution is -2.39. The topological polar surface area (TPSA) is 121 Å². The molecule has 1 aliphatic rings. The molecule has 1 fully saturated rings. The number of fused-ring (bicyclic) bond motifs is 1. The minimum Gasteiger partial charge on any atom is -0.459 e.